The van der Waals surface area contributed by atoms with E-state index in [4.69, 9.17) is 40.0 Å². The molecule has 46 heavy (non-hydrogen) atoms. The zero-order valence-electron chi connectivity index (χ0n) is 24.3. The van der Waals surface area contributed by atoms with Gasteiger partial charge < -0.3 is 28.4 Å². The van der Waals surface area contributed by atoms with E-state index in [0.717, 1.165) is 0 Å². The first-order valence-corrected chi connectivity index (χ1v) is 14.8. The standard InChI is InChI=1S/C35H29ClO10/c36-22-42-35-30(46-34(40)26-19-11-4-12-20-26)29(45-33(39)25-17-9-3-10-18-25)28(44-32(38)24-15-7-2-8-16-24)27(43-35)21-41-31(37)23-13-5-1-6-14-23/h1-20,27-30,35H,21-22H2/t27?,28-,29?,30?,35-/m1/s1. The minimum absolute atomic E-state index is 0.178. The molecule has 1 aliphatic heterocycles. The molecular formula is C35H29ClO10. The Morgan fingerprint density at radius 3 is 1.30 bits per heavy atom. The lowest BCUT2D eigenvalue weighted by Gasteiger charge is -2.44. The van der Waals surface area contributed by atoms with E-state index in [9.17, 15) is 19.2 Å². The molecule has 4 aromatic carbocycles. The highest BCUT2D eigenvalue weighted by molar-refractivity contribution is 6.17. The number of hydrogen-bond donors (Lipinski definition) is 0. The number of hydrogen-bond acceptors (Lipinski definition) is 10. The molecule has 0 amide bonds. The molecule has 0 N–H and O–H groups in total. The summed E-state index contributed by atoms with van der Waals surface area (Å²) in [4.78, 5) is 53.0. The van der Waals surface area contributed by atoms with Gasteiger partial charge in [0.2, 0.25) is 6.29 Å². The van der Waals surface area contributed by atoms with Crippen molar-refractivity contribution in [1.82, 2.24) is 0 Å². The lowest BCUT2D eigenvalue weighted by Crippen LogP contribution is -2.63. The van der Waals surface area contributed by atoms with Crippen molar-refractivity contribution in [2.45, 2.75) is 30.7 Å². The first-order valence-electron chi connectivity index (χ1n) is 14.3. The van der Waals surface area contributed by atoms with Gasteiger partial charge >= 0.3 is 23.9 Å². The summed E-state index contributed by atoms with van der Waals surface area (Å²) in [6.07, 6.45) is -7.11. The fourth-order valence-corrected chi connectivity index (χ4v) is 4.85. The predicted octanol–water partition coefficient (Wildman–Crippen LogP) is 5.46. The molecule has 1 fully saturated rings. The Morgan fingerprint density at radius 1 is 0.522 bits per heavy atom. The quantitative estimate of drug-likeness (QED) is 0.118. The molecule has 5 atom stereocenters. The van der Waals surface area contributed by atoms with Gasteiger partial charge in [-0.05, 0) is 48.5 Å². The van der Waals surface area contributed by atoms with E-state index in [1.165, 1.54) is 36.4 Å². The third-order valence-corrected chi connectivity index (χ3v) is 7.09. The van der Waals surface area contributed by atoms with E-state index in [2.05, 4.69) is 0 Å². The van der Waals surface area contributed by atoms with Gasteiger partial charge in [0.25, 0.3) is 0 Å². The van der Waals surface area contributed by atoms with Gasteiger partial charge in [0.15, 0.2) is 18.3 Å². The van der Waals surface area contributed by atoms with E-state index >= 15 is 0 Å². The maximum atomic E-state index is 13.4. The highest BCUT2D eigenvalue weighted by atomic mass is 35.5. The first-order chi connectivity index (χ1) is 22.4. The summed E-state index contributed by atoms with van der Waals surface area (Å²) < 4.78 is 34.9. The minimum Gasteiger partial charge on any atom is -0.459 e. The van der Waals surface area contributed by atoms with Crippen molar-refractivity contribution in [3.05, 3.63) is 144 Å². The van der Waals surface area contributed by atoms with Gasteiger partial charge in [-0.2, -0.15) is 0 Å². The van der Waals surface area contributed by atoms with Crippen LogP contribution in [-0.4, -0.2) is 67.3 Å². The molecule has 3 unspecified atom stereocenters. The molecular weight excluding hydrogens is 616 g/mol. The van der Waals surface area contributed by atoms with Gasteiger partial charge in [-0.25, -0.2) is 19.2 Å². The number of rotatable bonds is 11. The van der Waals surface area contributed by atoms with Crippen molar-refractivity contribution in [1.29, 1.82) is 0 Å². The van der Waals surface area contributed by atoms with Crippen LogP contribution in [0, 0.1) is 0 Å². The third-order valence-electron chi connectivity index (χ3n) is 6.96. The third kappa shape index (κ3) is 8.16. The monoisotopic (exact) mass is 644 g/mol. The second kappa shape index (κ2) is 15.8. The Kier molecular flexibility index (Phi) is 11.1. The Bertz CT molecular complexity index is 1600. The largest absolute Gasteiger partial charge is 0.459 e. The number of ether oxygens (including phenoxy) is 6. The summed E-state index contributed by atoms with van der Waals surface area (Å²) in [5.74, 6) is -3.07. The van der Waals surface area contributed by atoms with Crippen molar-refractivity contribution in [2.75, 3.05) is 12.7 Å². The van der Waals surface area contributed by atoms with Crippen molar-refractivity contribution < 1.29 is 47.6 Å². The van der Waals surface area contributed by atoms with E-state index in [0.29, 0.717) is 0 Å². The van der Waals surface area contributed by atoms with Gasteiger partial charge in [0, 0.05) is 0 Å². The summed E-state index contributed by atoms with van der Waals surface area (Å²) in [5, 5.41) is 0. The molecule has 0 radical (unpaired) electrons. The van der Waals surface area contributed by atoms with Crippen LogP contribution in [0.1, 0.15) is 41.4 Å². The van der Waals surface area contributed by atoms with Gasteiger partial charge in [-0.1, -0.05) is 84.4 Å². The molecule has 5 rings (SSSR count). The molecule has 1 heterocycles. The molecule has 0 saturated carbocycles. The van der Waals surface area contributed by atoms with Gasteiger partial charge in [0.05, 0.1) is 22.3 Å². The van der Waals surface area contributed by atoms with Gasteiger partial charge in [-0.15, -0.1) is 0 Å². The van der Waals surface area contributed by atoms with Gasteiger partial charge in [0.1, 0.15) is 18.8 Å². The van der Waals surface area contributed by atoms with Crippen LogP contribution in [0.2, 0.25) is 0 Å². The average molecular weight is 645 g/mol. The summed E-state index contributed by atoms with van der Waals surface area (Å²) >= 11 is 5.94. The summed E-state index contributed by atoms with van der Waals surface area (Å²) in [7, 11) is 0. The van der Waals surface area contributed by atoms with E-state index in [-0.39, 0.29) is 22.3 Å². The average Bonchev–Trinajstić information content (AvgIpc) is 3.11. The number of esters is 4. The fraction of sp³-hybridized carbons (Fsp3) is 0.200. The van der Waals surface area contributed by atoms with Crippen LogP contribution >= 0.6 is 11.6 Å². The predicted molar refractivity (Wildman–Crippen MR) is 164 cm³/mol. The molecule has 0 aromatic heterocycles. The highest BCUT2D eigenvalue weighted by Gasteiger charge is 2.53. The van der Waals surface area contributed by atoms with Crippen LogP contribution in [-0.2, 0) is 28.4 Å². The lowest BCUT2D eigenvalue weighted by atomic mass is 9.97. The molecule has 236 valence electrons. The number of carbonyl (C=O) groups excluding carboxylic acids is 4. The van der Waals surface area contributed by atoms with Crippen molar-refractivity contribution >= 4 is 35.5 Å². The normalized spacial score (nSPS) is 20.6. The highest BCUT2D eigenvalue weighted by Crippen LogP contribution is 2.32. The number of alkyl halides is 1. The smallest absolute Gasteiger partial charge is 0.338 e. The van der Waals surface area contributed by atoms with Crippen molar-refractivity contribution in [3.8, 4) is 0 Å². The molecule has 1 saturated heterocycles. The summed E-state index contributed by atoms with van der Waals surface area (Å²) in [6.45, 7) is -0.457. The maximum absolute atomic E-state index is 13.4. The Balaban J connectivity index is 1.52. The summed E-state index contributed by atoms with van der Waals surface area (Å²) in [5.41, 5.74) is 0.827. The molecule has 4 aromatic rings. The number of halogens is 1. The summed E-state index contributed by atoms with van der Waals surface area (Å²) in [6, 6.07) is 32.1. The fourth-order valence-electron chi connectivity index (χ4n) is 4.72. The van der Waals surface area contributed by atoms with E-state index in [1.807, 2.05) is 0 Å². The van der Waals surface area contributed by atoms with Crippen LogP contribution in [0.15, 0.2) is 121 Å². The van der Waals surface area contributed by atoms with E-state index in [1.54, 1.807) is 84.9 Å². The maximum Gasteiger partial charge on any atom is 0.338 e. The molecule has 10 nitrogen and oxygen atoms in total. The Morgan fingerprint density at radius 2 is 0.891 bits per heavy atom. The first kappa shape index (κ1) is 32.4. The zero-order valence-corrected chi connectivity index (χ0v) is 25.1. The van der Waals surface area contributed by atoms with Crippen LogP contribution in [0.25, 0.3) is 0 Å². The van der Waals surface area contributed by atoms with Gasteiger partial charge in [-0.3, -0.25) is 0 Å². The molecule has 1 aliphatic rings. The number of carbonyl (C=O) groups is 4. The lowest BCUT2D eigenvalue weighted by molar-refractivity contribution is -0.294. The van der Waals surface area contributed by atoms with Crippen LogP contribution < -0.4 is 0 Å². The number of benzene rings is 4. The van der Waals surface area contributed by atoms with E-state index < -0.39 is 67.3 Å². The molecule has 0 aliphatic carbocycles. The Hall–Kier alpha value is -5.03. The zero-order chi connectivity index (χ0) is 32.3. The SMILES string of the molecule is O=C(OCC1O[C@@H](OCCl)C(OC(=O)c2ccccc2)C(OC(=O)c2ccccc2)[C@@H]1OC(=O)c1ccccc1)c1ccccc1. The van der Waals surface area contributed by atoms with Crippen LogP contribution in [0.3, 0.4) is 0 Å². The van der Waals surface area contributed by atoms with Crippen LogP contribution in [0.5, 0.6) is 0 Å². The topological polar surface area (TPSA) is 124 Å². The second-order valence-corrected chi connectivity index (χ2v) is 10.2. The Labute approximate surface area is 269 Å². The molecule has 11 heteroatoms. The molecule has 0 bridgehead atoms. The molecule has 0 spiro atoms. The minimum atomic E-state index is -1.50. The van der Waals surface area contributed by atoms with Crippen LogP contribution in [0.4, 0.5) is 0 Å². The second-order valence-electron chi connectivity index (χ2n) is 9.99. The van der Waals surface area contributed by atoms with Crippen molar-refractivity contribution in [2.24, 2.45) is 0 Å². The van der Waals surface area contributed by atoms with Crippen molar-refractivity contribution in [3.63, 3.8) is 0 Å².